The lowest BCUT2D eigenvalue weighted by Crippen LogP contribution is -1.97. The highest BCUT2D eigenvalue weighted by atomic mass is 79.9. The van der Waals surface area contributed by atoms with Crippen LogP contribution in [0.5, 0.6) is 0 Å². The van der Waals surface area contributed by atoms with Crippen molar-refractivity contribution in [1.29, 1.82) is 0 Å². The monoisotopic (exact) mass is 354 g/mol. The Morgan fingerprint density at radius 3 is 2.53 bits per heavy atom. The van der Waals surface area contributed by atoms with E-state index in [-0.39, 0.29) is 0 Å². The van der Waals surface area contributed by atoms with E-state index in [1.165, 1.54) is 5.56 Å². The molecular weight excluding hydrogens is 344 g/mol. The number of anilines is 2. The third kappa shape index (κ3) is 3.30. The third-order valence-electron chi connectivity index (χ3n) is 2.44. The second-order valence-electron chi connectivity index (χ2n) is 3.64. The number of hydrogen-bond donors (Lipinski definition) is 1. The first-order valence-corrected chi connectivity index (χ1v) is 6.94. The number of halogens is 2. The molecule has 1 N–H and O–H groups in total. The van der Waals surface area contributed by atoms with Crippen LogP contribution in [0.25, 0.3) is 0 Å². The molecule has 0 aliphatic heterocycles. The molecular formula is C13H12Br2N2. The zero-order valence-corrected chi connectivity index (χ0v) is 12.5. The summed E-state index contributed by atoms with van der Waals surface area (Å²) in [5, 5.41) is 3.33. The maximum Gasteiger partial charge on any atom is 0.130 e. The molecule has 0 unspecified atom stereocenters. The Morgan fingerprint density at radius 2 is 1.88 bits per heavy atom. The SMILES string of the molecule is CCc1cc(Br)ccc1Nc1ccc(Br)cn1. The van der Waals surface area contributed by atoms with Gasteiger partial charge < -0.3 is 5.32 Å². The Labute approximate surface area is 118 Å². The standard InChI is InChI=1S/C13H12Br2N2/c1-2-9-7-10(14)3-5-12(9)17-13-6-4-11(15)8-16-13/h3-8H,2H2,1H3,(H,16,17). The zero-order valence-electron chi connectivity index (χ0n) is 9.37. The molecule has 0 bridgehead atoms. The first-order chi connectivity index (χ1) is 8.19. The Hall–Kier alpha value is -0.870. The third-order valence-corrected chi connectivity index (χ3v) is 3.40. The first kappa shape index (κ1) is 12.6. The molecule has 88 valence electrons. The molecule has 0 radical (unpaired) electrons. The Morgan fingerprint density at radius 1 is 1.12 bits per heavy atom. The van der Waals surface area contributed by atoms with Crippen molar-refractivity contribution in [2.75, 3.05) is 5.32 Å². The van der Waals surface area contributed by atoms with Crippen LogP contribution in [0.1, 0.15) is 12.5 Å². The van der Waals surface area contributed by atoms with Gasteiger partial charge in [-0.05, 0) is 58.2 Å². The van der Waals surface area contributed by atoms with Gasteiger partial charge in [0.25, 0.3) is 0 Å². The van der Waals surface area contributed by atoms with Crippen LogP contribution in [0.15, 0.2) is 45.5 Å². The van der Waals surface area contributed by atoms with E-state index in [0.29, 0.717) is 0 Å². The normalized spacial score (nSPS) is 10.3. The summed E-state index contributed by atoms with van der Waals surface area (Å²) in [7, 11) is 0. The van der Waals surface area contributed by atoms with E-state index in [4.69, 9.17) is 0 Å². The average molecular weight is 356 g/mol. The molecule has 0 amide bonds. The van der Waals surface area contributed by atoms with Crippen LogP contribution < -0.4 is 5.32 Å². The van der Waals surface area contributed by atoms with E-state index in [2.05, 4.69) is 61.2 Å². The molecule has 0 saturated carbocycles. The van der Waals surface area contributed by atoms with Gasteiger partial charge in [-0.3, -0.25) is 0 Å². The summed E-state index contributed by atoms with van der Waals surface area (Å²) in [4.78, 5) is 4.30. The van der Waals surface area contributed by atoms with E-state index in [9.17, 15) is 0 Å². The molecule has 4 heteroatoms. The zero-order chi connectivity index (χ0) is 12.3. The number of rotatable bonds is 3. The molecule has 0 aliphatic carbocycles. The smallest absolute Gasteiger partial charge is 0.130 e. The van der Waals surface area contributed by atoms with Crippen molar-refractivity contribution < 1.29 is 0 Å². The number of benzene rings is 1. The highest BCUT2D eigenvalue weighted by molar-refractivity contribution is 9.10. The van der Waals surface area contributed by atoms with Gasteiger partial charge in [-0.1, -0.05) is 22.9 Å². The molecule has 0 aliphatic rings. The van der Waals surface area contributed by atoms with Gasteiger partial charge in [-0.25, -0.2) is 4.98 Å². The highest BCUT2D eigenvalue weighted by Gasteiger charge is 2.02. The quantitative estimate of drug-likeness (QED) is 0.845. The Bertz CT molecular complexity index is 509. The van der Waals surface area contributed by atoms with E-state index in [1.807, 2.05) is 18.2 Å². The number of nitrogens with zero attached hydrogens (tertiary/aromatic N) is 1. The van der Waals surface area contributed by atoms with Gasteiger partial charge >= 0.3 is 0 Å². The van der Waals surface area contributed by atoms with Crippen molar-refractivity contribution in [3.8, 4) is 0 Å². The van der Waals surface area contributed by atoms with E-state index in [1.54, 1.807) is 6.20 Å². The maximum absolute atomic E-state index is 4.30. The predicted molar refractivity (Wildman–Crippen MR) is 78.7 cm³/mol. The Kier molecular flexibility index (Phi) is 4.18. The summed E-state index contributed by atoms with van der Waals surface area (Å²) < 4.78 is 2.08. The summed E-state index contributed by atoms with van der Waals surface area (Å²) in [5.41, 5.74) is 2.37. The summed E-state index contributed by atoms with van der Waals surface area (Å²) in [6.07, 6.45) is 2.77. The average Bonchev–Trinajstić information content (AvgIpc) is 2.34. The van der Waals surface area contributed by atoms with Gasteiger partial charge in [0, 0.05) is 20.8 Å². The van der Waals surface area contributed by atoms with Crippen LogP contribution >= 0.6 is 31.9 Å². The minimum Gasteiger partial charge on any atom is -0.340 e. The molecule has 2 nitrogen and oxygen atoms in total. The van der Waals surface area contributed by atoms with Crippen LogP contribution in [0.3, 0.4) is 0 Å². The lowest BCUT2D eigenvalue weighted by molar-refractivity contribution is 1.13. The summed E-state index contributed by atoms with van der Waals surface area (Å²) >= 11 is 6.85. The van der Waals surface area contributed by atoms with Crippen molar-refractivity contribution in [3.63, 3.8) is 0 Å². The van der Waals surface area contributed by atoms with Gasteiger partial charge in [-0.15, -0.1) is 0 Å². The van der Waals surface area contributed by atoms with Gasteiger partial charge in [0.05, 0.1) is 0 Å². The second kappa shape index (κ2) is 5.65. The second-order valence-corrected chi connectivity index (χ2v) is 5.47. The molecule has 0 spiro atoms. The summed E-state index contributed by atoms with van der Waals surface area (Å²) in [6.45, 7) is 2.14. The lowest BCUT2D eigenvalue weighted by Gasteiger charge is -2.10. The molecule has 2 aromatic rings. The molecule has 0 saturated heterocycles. The van der Waals surface area contributed by atoms with E-state index in [0.717, 1.165) is 26.9 Å². The van der Waals surface area contributed by atoms with Crippen molar-refractivity contribution >= 4 is 43.4 Å². The molecule has 17 heavy (non-hydrogen) atoms. The van der Waals surface area contributed by atoms with E-state index < -0.39 is 0 Å². The van der Waals surface area contributed by atoms with Crippen LogP contribution in [0, 0.1) is 0 Å². The van der Waals surface area contributed by atoms with Gasteiger partial charge in [0.15, 0.2) is 0 Å². The Balaban J connectivity index is 2.26. The number of hydrogen-bond acceptors (Lipinski definition) is 2. The van der Waals surface area contributed by atoms with Gasteiger partial charge in [-0.2, -0.15) is 0 Å². The largest absolute Gasteiger partial charge is 0.340 e. The van der Waals surface area contributed by atoms with Crippen molar-refractivity contribution in [1.82, 2.24) is 4.98 Å². The van der Waals surface area contributed by atoms with Crippen molar-refractivity contribution in [3.05, 3.63) is 51.0 Å². The number of nitrogens with one attached hydrogen (secondary N) is 1. The first-order valence-electron chi connectivity index (χ1n) is 5.36. The van der Waals surface area contributed by atoms with Crippen LogP contribution in [0.2, 0.25) is 0 Å². The lowest BCUT2D eigenvalue weighted by atomic mass is 10.1. The predicted octanol–water partition coefficient (Wildman–Crippen LogP) is 4.91. The summed E-state index contributed by atoms with van der Waals surface area (Å²) in [5.74, 6) is 0.852. The van der Waals surface area contributed by atoms with Crippen LogP contribution in [-0.4, -0.2) is 4.98 Å². The van der Waals surface area contributed by atoms with Gasteiger partial charge in [0.1, 0.15) is 5.82 Å². The fraction of sp³-hybridized carbons (Fsp3) is 0.154. The van der Waals surface area contributed by atoms with Crippen molar-refractivity contribution in [2.45, 2.75) is 13.3 Å². The molecule has 0 fully saturated rings. The molecule has 2 rings (SSSR count). The fourth-order valence-corrected chi connectivity index (χ4v) is 2.21. The molecule has 1 aromatic heterocycles. The maximum atomic E-state index is 4.30. The van der Waals surface area contributed by atoms with Crippen LogP contribution in [0.4, 0.5) is 11.5 Å². The fourth-order valence-electron chi connectivity index (χ4n) is 1.56. The highest BCUT2D eigenvalue weighted by Crippen LogP contribution is 2.24. The minimum atomic E-state index is 0.852. The summed E-state index contributed by atoms with van der Waals surface area (Å²) in [6, 6.07) is 10.1. The number of pyridine rings is 1. The number of aryl methyl sites for hydroxylation is 1. The van der Waals surface area contributed by atoms with Crippen LogP contribution in [-0.2, 0) is 6.42 Å². The molecule has 1 aromatic carbocycles. The van der Waals surface area contributed by atoms with Crippen molar-refractivity contribution in [2.24, 2.45) is 0 Å². The minimum absolute atomic E-state index is 0.852. The molecule has 0 atom stereocenters. The van der Waals surface area contributed by atoms with Gasteiger partial charge in [0.2, 0.25) is 0 Å². The number of aromatic nitrogens is 1. The molecule has 1 heterocycles. The topological polar surface area (TPSA) is 24.9 Å². The van der Waals surface area contributed by atoms with E-state index >= 15 is 0 Å².